The first-order chi connectivity index (χ1) is 12.4. The molecule has 0 radical (unpaired) electrons. The van der Waals surface area contributed by atoms with Gasteiger partial charge in [0, 0.05) is 29.7 Å². The Bertz CT molecular complexity index is 791. The normalized spacial score (nSPS) is 18.5. The van der Waals surface area contributed by atoms with Gasteiger partial charge in [0.25, 0.3) is 5.91 Å². The number of nitrogens with zero attached hydrogens (tertiary/aromatic N) is 1. The first-order valence-electron chi connectivity index (χ1n) is 8.50. The zero-order valence-electron chi connectivity index (χ0n) is 14.4. The lowest BCUT2D eigenvalue weighted by atomic mass is 10.0. The van der Waals surface area contributed by atoms with Gasteiger partial charge in [-0.1, -0.05) is 30.3 Å². The summed E-state index contributed by atoms with van der Waals surface area (Å²) in [5, 5.41) is 0.301. The van der Waals surface area contributed by atoms with Gasteiger partial charge in [-0.05, 0) is 42.7 Å². The molecule has 0 saturated carbocycles. The van der Waals surface area contributed by atoms with E-state index >= 15 is 0 Å². The number of amides is 1. The number of hydrogen-bond donors (Lipinski definition) is 0. The molecule has 138 valence electrons. The maximum absolute atomic E-state index is 12.9. The molecule has 1 unspecified atom stereocenters. The van der Waals surface area contributed by atoms with Gasteiger partial charge in [-0.3, -0.25) is 4.79 Å². The van der Waals surface area contributed by atoms with Gasteiger partial charge in [-0.15, -0.1) is 0 Å². The van der Waals surface area contributed by atoms with Gasteiger partial charge >= 0.3 is 6.18 Å². The predicted octanol–water partition coefficient (Wildman–Crippen LogP) is 5.33. The Morgan fingerprint density at radius 3 is 2.62 bits per heavy atom. The zero-order chi connectivity index (χ0) is 18.7. The minimum atomic E-state index is -4.44. The van der Waals surface area contributed by atoms with E-state index in [-0.39, 0.29) is 11.5 Å². The van der Waals surface area contributed by atoms with Gasteiger partial charge in [-0.25, -0.2) is 0 Å². The van der Waals surface area contributed by atoms with E-state index in [1.165, 1.54) is 23.3 Å². The largest absolute Gasteiger partial charge is 0.416 e. The van der Waals surface area contributed by atoms with E-state index in [1.807, 2.05) is 12.1 Å². The third-order valence-electron chi connectivity index (χ3n) is 4.60. The van der Waals surface area contributed by atoms with Crippen LogP contribution >= 0.6 is 11.8 Å². The van der Waals surface area contributed by atoms with Crippen LogP contribution in [0.25, 0.3) is 0 Å². The van der Waals surface area contributed by atoms with Crippen LogP contribution in [-0.2, 0) is 6.18 Å². The fourth-order valence-corrected chi connectivity index (χ4v) is 4.51. The van der Waals surface area contributed by atoms with Crippen molar-refractivity contribution in [3.63, 3.8) is 0 Å². The molecule has 2 nitrogen and oxygen atoms in total. The summed E-state index contributed by atoms with van der Waals surface area (Å²) in [6.45, 7) is 3.16. The van der Waals surface area contributed by atoms with Crippen molar-refractivity contribution in [2.24, 2.45) is 0 Å². The molecule has 0 aromatic heterocycles. The van der Waals surface area contributed by atoms with Gasteiger partial charge in [0.15, 0.2) is 0 Å². The third-order valence-corrected chi connectivity index (χ3v) is 5.91. The Morgan fingerprint density at radius 1 is 1.12 bits per heavy atom. The first-order valence-corrected chi connectivity index (χ1v) is 9.55. The summed E-state index contributed by atoms with van der Waals surface area (Å²) < 4.78 is 38.7. The average molecular weight is 379 g/mol. The molecule has 26 heavy (non-hydrogen) atoms. The lowest BCUT2D eigenvalue weighted by Crippen LogP contribution is -2.33. The van der Waals surface area contributed by atoms with Gasteiger partial charge in [-0.2, -0.15) is 24.9 Å². The summed E-state index contributed by atoms with van der Waals surface area (Å²) in [6.07, 6.45) is -3.65. The van der Waals surface area contributed by atoms with Crippen LogP contribution in [0, 0.1) is 6.92 Å². The van der Waals surface area contributed by atoms with Crippen molar-refractivity contribution in [1.82, 2.24) is 4.90 Å². The lowest BCUT2D eigenvalue weighted by molar-refractivity contribution is -0.137. The molecule has 1 aliphatic heterocycles. The number of aryl methyl sites for hydroxylation is 1. The predicted molar refractivity (Wildman–Crippen MR) is 98.3 cm³/mol. The number of rotatable bonds is 2. The van der Waals surface area contributed by atoms with E-state index < -0.39 is 11.7 Å². The van der Waals surface area contributed by atoms with Crippen molar-refractivity contribution in [2.45, 2.75) is 24.8 Å². The molecule has 2 aromatic rings. The molecule has 0 spiro atoms. The molecule has 2 aromatic carbocycles. The Kier molecular flexibility index (Phi) is 5.61. The highest BCUT2D eigenvalue weighted by atomic mass is 32.2. The standard InChI is InChI=1S/C20H20F3NOS/c1-14-5-2-3-8-17(14)18-9-10-24(11-12-26-18)19(25)15-6-4-7-16(13-15)20(21,22)23/h2-8,13,18H,9-12H2,1H3. The van der Waals surface area contributed by atoms with Crippen molar-refractivity contribution in [1.29, 1.82) is 0 Å². The second kappa shape index (κ2) is 7.74. The molecular weight excluding hydrogens is 359 g/mol. The molecule has 6 heteroatoms. The van der Waals surface area contributed by atoms with Crippen molar-refractivity contribution in [2.75, 3.05) is 18.8 Å². The fourth-order valence-electron chi connectivity index (χ4n) is 3.18. The molecule has 0 bridgehead atoms. The van der Waals surface area contributed by atoms with Gasteiger partial charge < -0.3 is 4.90 Å². The molecular formula is C20H20F3NOS. The summed E-state index contributed by atoms with van der Waals surface area (Å²) >= 11 is 1.80. The zero-order valence-corrected chi connectivity index (χ0v) is 15.2. The monoisotopic (exact) mass is 379 g/mol. The number of hydrogen-bond acceptors (Lipinski definition) is 2. The summed E-state index contributed by atoms with van der Waals surface area (Å²) in [5.41, 5.74) is 1.80. The van der Waals surface area contributed by atoms with Gasteiger partial charge in [0.2, 0.25) is 0 Å². The molecule has 1 saturated heterocycles. The highest BCUT2D eigenvalue weighted by molar-refractivity contribution is 7.99. The number of halogens is 3. The molecule has 1 aliphatic rings. The molecule has 1 atom stereocenters. The average Bonchev–Trinajstić information content (AvgIpc) is 2.87. The Balaban J connectivity index is 1.73. The molecule has 1 heterocycles. The SMILES string of the molecule is Cc1ccccc1C1CCN(C(=O)c2cccc(C(F)(F)F)c2)CCS1. The number of thioether (sulfide) groups is 1. The Morgan fingerprint density at radius 2 is 1.88 bits per heavy atom. The van der Waals surface area contributed by atoms with E-state index in [0.717, 1.165) is 24.3 Å². The van der Waals surface area contributed by atoms with Crippen LogP contribution in [0.3, 0.4) is 0 Å². The maximum atomic E-state index is 12.9. The van der Waals surface area contributed by atoms with Crippen LogP contribution in [0.15, 0.2) is 48.5 Å². The summed E-state index contributed by atoms with van der Waals surface area (Å²) in [5.74, 6) is 0.436. The van der Waals surface area contributed by atoms with Crippen molar-refractivity contribution >= 4 is 17.7 Å². The first kappa shape index (κ1) is 18.8. The van der Waals surface area contributed by atoms with E-state index in [0.29, 0.717) is 18.3 Å². The van der Waals surface area contributed by atoms with E-state index in [2.05, 4.69) is 19.1 Å². The van der Waals surface area contributed by atoms with Crippen LogP contribution in [-0.4, -0.2) is 29.6 Å². The highest BCUT2D eigenvalue weighted by Gasteiger charge is 2.31. The van der Waals surface area contributed by atoms with E-state index in [1.54, 1.807) is 16.7 Å². The van der Waals surface area contributed by atoms with Crippen molar-refractivity contribution in [3.8, 4) is 0 Å². The summed E-state index contributed by atoms with van der Waals surface area (Å²) in [7, 11) is 0. The van der Waals surface area contributed by atoms with Crippen LogP contribution in [0.1, 0.15) is 38.7 Å². The molecule has 1 amide bonds. The Labute approximate surface area is 155 Å². The van der Waals surface area contributed by atoms with Gasteiger partial charge in [0.1, 0.15) is 0 Å². The van der Waals surface area contributed by atoms with Crippen LogP contribution < -0.4 is 0 Å². The minimum absolute atomic E-state index is 0.0965. The molecule has 3 rings (SSSR count). The highest BCUT2D eigenvalue weighted by Crippen LogP contribution is 2.36. The number of benzene rings is 2. The summed E-state index contributed by atoms with van der Waals surface area (Å²) in [4.78, 5) is 14.4. The number of carbonyl (C=O) groups is 1. The van der Waals surface area contributed by atoms with Gasteiger partial charge in [0.05, 0.1) is 5.56 Å². The van der Waals surface area contributed by atoms with E-state index in [4.69, 9.17) is 0 Å². The van der Waals surface area contributed by atoms with Crippen LogP contribution in [0.4, 0.5) is 13.2 Å². The van der Waals surface area contributed by atoms with Crippen LogP contribution in [0.5, 0.6) is 0 Å². The van der Waals surface area contributed by atoms with Crippen molar-refractivity contribution < 1.29 is 18.0 Å². The van der Waals surface area contributed by atoms with E-state index in [9.17, 15) is 18.0 Å². The number of carbonyl (C=O) groups excluding carboxylic acids is 1. The topological polar surface area (TPSA) is 20.3 Å². The summed E-state index contributed by atoms with van der Waals surface area (Å²) in [6, 6.07) is 12.9. The van der Waals surface area contributed by atoms with Crippen LogP contribution in [0.2, 0.25) is 0 Å². The maximum Gasteiger partial charge on any atom is 0.416 e. The quantitative estimate of drug-likeness (QED) is 0.703. The lowest BCUT2D eigenvalue weighted by Gasteiger charge is -2.21. The molecule has 0 aliphatic carbocycles. The smallest absolute Gasteiger partial charge is 0.338 e. The second-order valence-electron chi connectivity index (χ2n) is 6.38. The Hall–Kier alpha value is -1.95. The molecule has 0 N–H and O–H groups in total. The number of alkyl halides is 3. The minimum Gasteiger partial charge on any atom is -0.338 e. The molecule has 1 fully saturated rings. The second-order valence-corrected chi connectivity index (χ2v) is 7.69. The van der Waals surface area contributed by atoms with Crippen molar-refractivity contribution in [3.05, 3.63) is 70.8 Å². The third kappa shape index (κ3) is 4.23. The fraction of sp³-hybridized carbons (Fsp3) is 0.350.